The number of morpholine rings is 1. The standard InChI is InChI=1S/C15H29N3O2/c1-14(2,3)20-12-10-11(15(12,4)5)17-13(16)18-6-8-19-9-7-18/h11-12H,6-10H2,1-5H3,(H2,16,17)/t11-,12+/m0/s1. The van der Waals surface area contributed by atoms with E-state index in [-0.39, 0.29) is 23.2 Å². The smallest absolute Gasteiger partial charge is 0.191 e. The van der Waals surface area contributed by atoms with Crippen molar-refractivity contribution in [2.24, 2.45) is 16.1 Å². The summed E-state index contributed by atoms with van der Waals surface area (Å²) in [6.45, 7) is 13.9. The van der Waals surface area contributed by atoms with Crippen LogP contribution in [-0.4, -0.2) is 54.9 Å². The van der Waals surface area contributed by atoms with Crippen LogP contribution in [0.1, 0.15) is 41.0 Å². The highest BCUT2D eigenvalue weighted by Gasteiger charge is 2.50. The van der Waals surface area contributed by atoms with Crippen LogP contribution in [0.5, 0.6) is 0 Å². The van der Waals surface area contributed by atoms with Gasteiger partial charge in [-0.1, -0.05) is 13.8 Å². The molecule has 0 aromatic carbocycles. The monoisotopic (exact) mass is 283 g/mol. The molecule has 1 aliphatic heterocycles. The van der Waals surface area contributed by atoms with Gasteiger partial charge in [-0.15, -0.1) is 0 Å². The van der Waals surface area contributed by atoms with E-state index in [0.29, 0.717) is 5.96 Å². The molecule has 1 aliphatic carbocycles. The predicted molar refractivity (Wildman–Crippen MR) is 80.8 cm³/mol. The Morgan fingerprint density at radius 1 is 1.30 bits per heavy atom. The highest BCUT2D eigenvalue weighted by Crippen LogP contribution is 2.46. The minimum absolute atomic E-state index is 0.0458. The van der Waals surface area contributed by atoms with E-state index in [2.05, 4.69) is 39.5 Å². The average Bonchev–Trinajstić information content (AvgIpc) is 2.37. The lowest BCUT2D eigenvalue weighted by Gasteiger charge is -2.51. The van der Waals surface area contributed by atoms with E-state index in [1.54, 1.807) is 0 Å². The molecule has 0 unspecified atom stereocenters. The van der Waals surface area contributed by atoms with Crippen LogP contribution < -0.4 is 5.73 Å². The Kier molecular flexibility index (Phi) is 4.30. The zero-order chi connectivity index (χ0) is 15.0. The van der Waals surface area contributed by atoms with Crippen LogP contribution in [0.15, 0.2) is 4.99 Å². The number of hydrogen-bond donors (Lipinski definition) is 1. The summed E-state index contributed by atoms with van der Waals surface area (Å²) >= 11 is 0. The summed E-state index contributed by atoms with van der Waals surface area (Å²) in [5, 5.41) is 0. The molecule has 1 saturated heterocycles. The maximum atomic E-state index is 6.13. The average molecular weight is 283 g/mol. The normalized spacial score (nSPS) is 31.1. The number of ether oxygens (including phenoxy) is 2. The van der Waals surface area contributed by atoms with Crippen molar-refractivity contribution >= 4 is 5.96 Å². The van der Waals surface area contributed by atoms with E-state index < -0.39 is 0 Å². The first-order valence-corrected chi connectivity index (χ1v) is 7.54. The van der Waals surface area contributed by atoms with Gasteiger partial charge in [-0.05, 0) is 27.2 Å². The molecule has 0 radical (unpaired) electrons. The second-order valence-electron chi connectivity index (χ2n) is 7.38. The van der Waals surface area contributed by atoms with Gasteiger partial charge in [0.2, 0.25) is 0 Å². The molecule has 2 fully saturated rings. The third-order valence-electron chi connectivity index (χ3n) is 4.25. The van der Waals surface area contributed by atoms with Gasteiger partial charge in [-0.3, -0.25) is 0 Å². The van der Waals surface area contributed by atoms with Crippen LogP contribution in [0, 0.1) is 5.41 Å². The van der Waals surface area contributed by atoms with E-state index in [9.17, 15) is 0 Å². The Hall–Kier alpha value is -0.810. The van der Waals surface area contributed by atoms with Crippen molar-refractivity contribution in [1.29, 1.82) is 0 Å². The summed E-state index contributed by atoms with van der Waals surface area (Å²) in [5.41, 5.74) is 6.07. The summed E-state index contributed by atoms with van der Waals surface area (Å²) < 4.78 is 11.4. The van der Waals surface area contributed by atoms with Gasteiger partial charge in [-0.25, -0.2) is 4.99 Å². The summed E-state index contributed by atoms with van der Waals surface area (Å²) in [6.07, 6.45) is 1.21. The Morgan fingerprint density at radius 2 is 1.90 bits per heavy atom. The zero-order valence-electron chi connectivity index (χ0n) is 13.5. The molecule has 0 spiro atoms. The predicted octanol–water partition coefficient (Wildman–Crippen LogP) is 1.62. The summed E-state index contributed by atoms with van der Waals surface area (Å²) in [6, 6.07) is 0.248. The lowest BCUT2D eigenvalue weighted by atomic mass is 9.64. The molecule has 0 aromatic rings. The Bertz CT molecular complexity index is 368. The molecule has 0 amide bonds. The first-order chi connectivity index (χ1) is 9.20. The number of aliphatic imine (C=N–C) groups is 1. The van der Waals surface area contributed by atoms with E-state index >= 15 is 0 Å². The van der Waals surface area contributed by atoms with E-state index in [1.165, 1.54) is 0 Å². The van der Waals surface area contributed by atoms with Crippen LogP contribution in [0.4, 0.5) is 0 Å². The van der Waals surface area contributed by atoms with Gasteiger partial charge >= 0.3 is 0 Å². The minimum atomic E-state index is -0.105. The molecule has 0 aromatic heterocycles. The van der Waals surface area contributed by atoms with Crippen molar-refractivity contribution in [3.63, 3.8) is 0 Å². The molecule has 2 atom stereocenters. The van der Waals surface area contributed by atoms with Gasteiger partial charge in [0.1, 0.15) is 0 Å². The number of nitrogens with two attached hydrogens (primary N) is 1. The van der Waals surface area contributed by atoms with Gasteiger partial charge < -0.3 is 20.1 Å². The lowest BCUT2D eigenvalue weighted by molar-refractivity contribution is -0.166. The summed E-state index contributed by atoms with van der Waals surface area (Å²) in [7, 11) is 0. The van der Waals surface area contributed by atoms with Crippen LogP contribution in [0.2, 0.25) is 0 Å². The second-order valence-corrected chi connectivity index (χ2v) is 7.38. The van der Waals surface area contributed by atoms with Crippen molar-refractivity contribution in [2.75, 3.05) is 26.3 Å². The Labute approximate surface area is 122 Å². The Morgan fingerprint density at radius 3 is 2.40 bits per heavy atom. The second kappa shape index (κ2) is 5.53. The van der Waals surface area contributed by atoms with Gasteiger partial charge in [0.05, 0.1) is 31.0 Å². The largest absolute Gasteiger partial charge is 0.378 e. The summed E-state index contributed by atoms with van der Waals surface area (Å²) in [5.74, 6) is 0.653. The fraction of sp³-hybridized carbons (Fsp3) is 0.933. The van der Waals surface area contributed by atoms with Gasteiger partial charge in [0, 0.05) is 18.5 Å². The van der Waals surface area contributed by atoms with Crippen LogP contribution in [-0.2, 0) is 9.47 Å². The third-order valence-corrected chi connectivity index (χ3v) is 4.25. The van der Waals surface area contributed by atoms with Gasteiger partial charge in [-0.2, -0.15) is 0 Å². The minimum Gasteiger partial charge on any atom is -0.378 e. The molecular weight excluding hydrogens is 254 g/mol. The van der Waals surface area contributed by atoms with Crippen molar-refractivity contribution in [3.8, 4) is 0 Å². The third kappa shape index (κ3) is 3.44. The van der Waals surface area contributed by atoms with E-state index in [0.717, 1.165) is 32.7 Å². The van der Waals surface area contributed by atoms with Crippen LogP contribution in [0.25, 0.3) is 0 Å². The highest BCUT2D eigenvalue weighted by molar-refractivity contribution is 5.78. The van der Waals surface area contributed by atoms with Crippen molar-refractivity contribution in [1.82, 2.24) is 4.90 Å². The van der Waals surface area contributed by atoms with Crippen molar-refractivity contribution < 1.29 is 9.47 Å². The molecule has 0 bridgehead atoms. The molecule has 20 heavy (non-hydrogen) atoms. The molecule has 2 aliphatic rings. The molecular formula is C15H29N3O2. The molecule has 2 rings (SSSR count). The maximum absolute atomic E-state index is 6.13. The van der Waals surface area contributed by atoms with Crippen LogP contribution >= 0.6 is 0 Å². The van der Waals surface area contributed by atoms with E-state index in [4.69, 9.17) is 20.2 Å². The first-order valence-electron chi connectivity index (χ1n) is 7.54. The zero-order valence-corrected chi connectivity index (χ0v) is 13.5. The topological polar surface area (TPSA) is 60.1 Å². The molecule has 2 N–H and O–H groups in total. The molecule has 1 heterocycles. The van der Waals surface area contributed by atoms with E-state index in [1.807, 2.05) is 0 Å². The van der Waals surface area contributed by atoms with Crippen molar-refractivity contribution in [3.05, 3.63) is 0 Å². The fourth-order valence-electron chi connectivity index (χ4n) is 2.74. The molecule has 116 valence electrons. The molecule has 5 heteroatoms. The SMILES string of the molecule is CC(C)(C)O[C@@H]1C[C@H](N=C(N)N2CCOCC2)C1(C)C. The molecule has 5 nitrogen and oxygen atoms in total. The van der Waals surface area contributed by atoms with Gasteiger partial charge in [0.25, 0.3) is 0 Å². The fourth-order valence-corrected chi connectivity index (χ4v) is 2.74. The first kappa shape index (κ1) is 15.6. The highest BCUT2D eigenvalue weighted by atomic mass is 16.5. The number of rotatable bonds is 2. The van der Waals surface area contributed by atoms with Crippen LogP contribution in [0.3, 0.4) is 0 Å². The number of guanidine groups is 1. The van der Waals surface area contributed by atoms with Crippen molar-refractivity contribution in [2.45, 2.75) is 58.8 Å². The molecule has 1 saturated carbocycles. The number of nitrogens with zero attached hydrogens (tertiary/aromatic N) is 2. The number of hydrogen-bond acceptors (Lipinski definition) is 3. The van der Waals surface area contributed by atoms with Gasteiger partial charge in [0.15, 0.2) is 5.96 Å². The lowest BCUT2D eigenvalue weighted by Crippen LogP contribution is -2.57. The quantitative estimate of drug-likeness (QED) is 0.618. The maximum Gasteiger partial charge on any atom is 0.191 e. The summed E-state index contributed by atoms with van der Waals surface area (Å²) in [4.78, 5) is 6.83. The Balaban J connectivity index is 1.94.